The van der Waals surface area contributed by atoms with E-state index >= 15 is 0 Å². The summed E-state index contributed by atoms with van der Waals surface area (Å²) in [6, 6.07) is 0.284. The van der Waals surface area contributed by atoms with Crippen molar-refractivity contribution in [2.24, 2.45) is 0 Å². The first-order chi connectivity index (χ1) is 10.1. The number of hydrogen-bond acceptors (Lipinski definition) is 6. The number of anilines is 1. The minimum absolute atomic E-state index is 0.144. The van der Waals surface area contributed by atoms with Crippen molar-refractivity contribution in [3.8, 4) is 0 Å². The molecule has 8 heteroatoms. The van der Waals surface area contributed by atoms with Crippen molar-refractivity contribution in [3.05, 3.63) is 22.4 Å². The molecule has 2 heterocycles. The van der Waals surface area contributed by atoms with Crippen LogP contribution < -0.4 is 11.0 Å². The van der Waals surface area contributed by atoms with Gasteiger partial charge in [0, 0.05) is 18.7 Å². The van der Waals surface area contributed by atoms with Crippen molar-refractivity contribution < 1.29 is 0 Å². The number of nitrogens with zero attached hydrogens (tertiary/aromatic N) is 4. The third kappa shape index (κ3) is 2.67. The maximum Gasteiger partial charge on any atom is 0.344 e. The van der Waals surface area contributed by atoms with Crippen LogP contribution in [-0.4, -0.2) is 31.8 Å². The third-order valence-electron chi connectivity index (χ3n) is 3.43. The number of aromatic nitrogens is 5. The lowest BCUT2D eigenvalue weighted by atomic mass is 10.1. The molecule has 21 heavy (non-hydrogen) atoms. The topological polar surface area (TPSA) is 88.5 Å². The van der Waals surface area contributed by atoms with Gasteiger partial charge in [-0.25, -0.2) is 19.9 Å². The molecule has 1 fully saturated rings. The van der Waals surface area contributed by atoms with Crippen LogP contribution in [0.15, 0.2) is 21.3 Å². The van der Waals surface area contributed by atoms with Gasteiger partial charge in [0.25, 0.3) is 0 Å². The van der Waals surface area contributed by atoms with E-state index in [9.17, 15) is 4.79 Å². The quantitative estimate of drug-likeness (QED) is 0.822. The van der Waals surface area contributed by atoms with Gasteiger partial charge in [-0.2, -0.15) is 0 Å². The Balaban J connectivity index is 2.00. The molecule has 3 rings (SSSR count). The van der Waals surface area contributed by atoms with E-state index in [1.165, 1.54) is 18.1 Å². The molecule has 1 aliphatic rings. The average molecular weight is 306 g/mol. The largest absolute Gasteiger partial charge is 0.373 e. The highest BCUT2D eigenvalue weighted by Crippen LogP contribution is 2.39. The van der Waals surface area contributed by atoms with Crippen LogP contribution in [-0.2, 0) is 0 Å². The number of hydrogen-bond donors (Lipinski definition) is 2. The molecule has 0 radical (unpaired) electrons. The molecule has 0 unspecified atom stereocenters. The van der Waals surface area contributed by atoms with Crippen molar-refractivity contribution in [2.45, 2.75) is 48.8 Å². The zero-order valence-corrected chi connectivity index (χ0v) is 13.1. The van der Waals surface area contributed by atoms with Gasteiger partial charge in [0.2, 0.25) is 0 Å². The van der Waals surface area contributed by atoms with E-state index in [1.54, 1.807) is 4.57 Å². The van der Waals surface area contributed by atoms with Gasteiger partial charge >= 0.3 is 5.69 Å². The van der Waals surface area contributed by atoms with Crippen LogP contribution in [0.2, 0.25) is 0 Å². The Morgan fingerprint density at radius 1 is 1.43 bits per heavy atom. The van der Waals surface area contributed by atoms with E-state index in [1.807, 2.05) is 7.05 Å². The highest BCUT2D eigenvalue weighted by molar-refractivity contribution is 7.99. The number of H-pyrrole nitrogens is 1. The molecule has 0 amide bonds. The summed E-state index contributed by atoms with van der Waals surface area (Å²) in [5.74, 6) is 1.09. The molecule has 0 aromatic carbocycles. The zero-order chi connectivity index (χ0) is 15.0. The van der Waals surface area contributed by atoms with Gasteiger partial charge in [-0.05, 0) is 30.5 Å². The first-order valence-electron chi connectivity index (χ1n) is 6.99. The fourth-order valence-corrected chi connectivity index (χ4v) is 3.42. The maximum atomic E-state index is 11.8. The van der Waals surface area contributed by atoms with Gasteiger partial charge in [-0.15, -0.1) is 5.10 Å². The second-order valence-electron chi connectivity index (χ2n) is 5.36. The second-order valence-corrected chi connectivity index (χ2v) is 6.32. The van der Waals surface area contributed by atoms with Crippen LogP contribution in [0.25, 0.3) is 0 Å². The Bertz CT molecular complexity index is 703. The van der Waals surface area contributed by atoms with Gasteiger partial charge in [-0.3, -0.25) is 4.57 Å². The SMILES string of the molecule is CNc1ncnc(Sc2n[nH]c(=O)n2C2CC2)c1C(C)C. The second kappa shape index (κ2) is 5.51. The first kappa shape index (κ1) is 14.1. The van der Waals surface area contributed by atoms with E-state index in [2.05, 4.69) is 39.3 Å². The fraction of sp³-hybridized carbons (Fsp3) is 0.538. The Morgan fingerprint density at radius 3 is 2.81 bits per heavy atom. The molecule has 0 atom stereocenters. The summed E-state index contributed by atoms with van der Waals surface area (Å²) in [6.07, 6.45) is 3.61. The molecule has 0 saturated heterocycles. The lowest BCUT2D eigenvalue weighted by molar-refractivity contribution is 0.641. The highest BCUT2D eigenvalue weighted by Gasteiger charge is 2.29. The van der Waals surface area contributed by atoms with Crippen LogP contribution in [0.4, 0.5) is 5.82 Å². The summed E-state index contributed by atoms with van der Waals surface area (Å²) in [7, 11) is 1.84. The Labute approximate surface area is 126 Å². The summed E-state index contributed by atoms with van der Waals surface area (Å²) in [5.41, 5.74) is 0.900. The Hall–Kier alpha value is -1.83. The van der Waals surface area contributed by atoms with Crippen LogP contribution in [0.5, 0.6) is 0 Å². The van der Waals surface area contributed by atoms with Crippen LogP contribution >= 0.6 is 11.8 Å². The summed E-state index contributed by atoms with van der Waals surface area (Å²) in [5, 5.41) is 11.3. The standard InChI is InChI=1S/C13H18N6OS/c1-7(2)9-10(14-3)15-6-16-11(9)21-13-18-17-12(20)19(13)8-4-5-8/h6-8H,4-5H2,1-3H3,(H,17,20)(H,14,15,16). The van der Waals surface area contributed by atoms with E-state index in [-0.39, 0.29) is 17.6 Å². The number of nitrogens with one attached hydrogen (secondary N) is 2. The summed E-state index contributed by atoms with van der Waals surface area (Å²) < 4.78 is 1.73. The molecule has 0 bridgehead atoms. The minimum atomic E-state index is -0.144. The molecule has 2 aromatic rings. The van der Waals surface area contributed by atoms with Gasteiger partial charge in [0.1, 0.15) is 17.2 Å². The predicted octanol–water partition coefficient (Wildman–Crippen LogP) is 2.01. The molecule has 0 aliphatic heterocycles. The van der Waals surface area contributed by atoms with Gasteiger partial charge in [0.15, 0.2) is 5.16 Å². The van der Waals surface area contributed by atoms with Crippen LogP contribution in [0.3, 0.4) is 0 Å². The summed E-state index contributed by atoms with van der Waals surface area (Å²) in [4.78, 5) is 20.5. The van der Waals surface area contributed by atoms with Crippen molar-refractivity contribution in [1.82, 2.24) is 24.7 Å². The molecule has 112 valence electrons. The molecular formula is C13H18N6OS. The minimum Gasteiger partial charge on any atom is -0.373 e. The van der Waals surface area contributed by atoms with Crippen molar-refractivity contribution in [3.63, 3.8) is 0 Å². The molecule has 1 saturated carbocycles. The Morgan fingerprint density at radius 2 is 2.19 bits per heavy atom. The monoisotopic (exact) mass is 306 g/mol. The molecule has 2 N–H and O–H groups in total. The van der Waals surface area contributed by atoms with Crippen LogP contribution in [0.1, 0.15) is 44.2 Å². The normalized spacial score (nSPS) is 14.7. The molecule has 2 aromatic heterocycles. The van der Waals surface area contributed by atoms with Crippen molar-refractivity contribution >= 4 is 17.6 Å². The van der Waals surface area contributed by atoms with Crippen molar-refractivity contribution in [2.75, 3.05) is 12.4 Å². The molecule has 7 nitrogen and oxygen atoms in total. The van der Waals surface area contributed by atoms with E-state index in [0.717, 1.165) is 29.2 Å². The number of rotatable bonds is 5. The smallest absolute Gasteiger partial charge is 0.344 e. The maximum absolute atomic E-state index is 11.8. The van der Waals surface area contributed by atoms with E-state index in [4.69, 9.17) is 0 Å². The summed E-state index contributed by atoms with van der Waals surface area (Å²) >= 11 is 1.42. The Kier molecular flexibility index (Phi) is 3.71. The van der Waals surface area contributed by atoms with Crippen LogP contribution in [0, 0.1) is 0 Å². The fourth-order valence-electron chi connectivity index (χ4n) is 2.28. The molecule has 1 aliphatic carbocycles. The van der Waals surface area contributed by atoms with Gasteiger partial charge in [0.05, 0.1) is 0 Å². The van der Waals surface area contributed by atoms with Crippen molar-refractivity contribution in [1.29, 1.82) is 0 Å². The lowest BCUT2D eigenvalue weighted by Gasteiger charge is -2.14. The average Bonchev–Trinajstić information content (AvgIpc) is 3.23. The summed E-state index contributed by atoms with van der Waals surface area (Å²) in [6.45, 7) is 4.20. The predicted molar refractivity (Wildman–Crippen MR) is 80.9 cm³/mol. The lowest BCUT2D eigenvalue weighted by Crippen LogP contribution is -2.16. The zero-order valence-electron chi connectivity index (χ0n) is 12.3. The van der Waals surface area contributed by atoms with E-state index in [0.29, 0.717) is 5.16 Å². The van der Waals surface area contributed by atoms with Gasteiger partial charge in [-0.1, -0.05) is 13.8 Å². The first-order valence-corrected chi connectivity index (χ1v) is 7.80. The van der Waals surface area contributed by atoms with E-state index < -0.39 is 0 Å². The molecule has 0 spiro atoms. The van der Waals surface area contributed by atoms with Gasteiger partial charge < -0.3 is 5.32 Å². The highest BCUT2D eigenvalue weighted by atomic mass is 32.2. The number of aromatic amines is 1. The third-order valence-corrected chi connectivity index (χ3v) is 4.42. The molecular weight excluding hydrogens is 288 g/mol.